The average Bonchev–Trinajstić information content (AvgIpc) is 3.21. The van der Waals surface area contributed by atoms with Gasteiger partial charge in [0.2, 0.25) is 11.0 Å². The number of anilines is 1. The summed E-state index contributed by atoms with van der Waals surface area (Å²) in [6, 6.07) is 0.184. The van der Waals surface area contributed by atoms with Crippen LogP contribution in [0.4, 0.5) is 9.93 Å². The second kappa shape index (κ2) is 11.7. The molecule has 0 unspecified atom stereocenters. The van der Waals surface area contributed by atoms with Crippen LogP contribution in [0.3, 0.4) is 0 Å². The summed E-state index contributed by atoms with van der Waals surface area (Å²) in [4.78, 5) is 40.3. The highest BCUT2D eigenvalue weighted by Gasteiger charge is 2.34. The molecule has 1 aliphatic carbocycles. The van der Waals surface area contributed by atoms with Crippen LogP contribution < -0.4 is 5.32 Å². The lowest BCUT2D eigenvalue weighted by Crippen LogP contribution is -2.54. The van der Waals surface area contributed by atoms with Crippen molar-refractivity contribution in [2.75, 3.05) is 30.8 Å². The van der Waals surface area contributed by atoms with Crippen molar-refractivity contribution in [2.45, 2.75) is 75.2 Å². The van der Waals surface area contributed by atoms with E-state index in [0.29, 0.717) is 29.2 Å². The molecule has 0 bridgehead atoms. The van der Waals surface area contributed by atoms with Gasteiger partial charge in [-0.25, -0.2) is 4.79 Å². The molecule has 0 radical (unpaired) electrons. The number of piperidine rings is 1. The summed E-state index contributed by atoms with van der Waals surface area (Å²) in [5, 5.41) is 11.5. The fourth-order valence-corrected chi connectivity index (χ4v) is 5.79. The van der Waals surface area contributed by atoms with E-state index in [0.717, 1.165) is 38.5 Å². The Morgan fingerprint density at radius 3 is 2.45 bits per heavy atom. The van der Waals surface area contributed by atoms with Gasteiger partial charge in [0.05, 0.1) is 12.4 Å². The molecule has 0 atom stereocenters. The van der Waals surface area contributed by atoms with Crippen molar-refractivity contribution in [1.29, 1.82) is 0 Å². The van der Waals surface area contributed by atoms with E-state index in [4.69, 9.17) is 4.74 Å². The van der Waals surface area contributed by atoms with Crippen LogP contribution in [-0.2, 0) is 14.3 Å². The van der Waals surface area contributed by atoms with E-state index in [-0.39, 0.29) is 35.7 Å². The Balaban J connectivity index is 1.62. The molecule has 1 saturated heterocycles. The van der Waals surface area contributed by atoms with E-state index in [1.54, 1.807) is 13.8 Å². The fourth-order valence-electron chi connectivity index (χ4n) is 4.25. The highest BCUT2D eigenvalue weighted by atomic mass is 32.2. The van der Waals surface area contributed by atoms with Crippen molar-refractivity contribution in [3.05, 3.63) is 0 Å². The van der Waals surface area contributed by atoms with Crippen molar-refractivity contribution in [3.8, 4) is 0 Å². The molecule has 1 aromatic rings. The molecule has 9 nitrogen and oxygen atoms in total. The lowest BCUT2D eigenvalue weighted by molar-refractivity contribution is -0.139. The third kappa shape index (κ3) is 6.80. The van der Waals surface area contributed by atoms with Crippen LogP contribution >= 0.6 is 23.1 Å². The number of esters is 1. The van der Waals surface area contributed by atoms with Crippen LogP contribution in [-0.4, -0.2) is 75.4 Å². The Morgan fingerprint density at radius 2 is 1.81 bits per heavy atom. The van der Waals surface area contributed by atoms with Gasteiger partial charge in [0.1, 0.15) is 0 Å². The van der Waals surface area contributed by atoms with Crippen molar-refractivity contribution in [2.24, 2.45) is 0 Å². The molecular formula is C20H31N5O4S2. The van der Waals surface area contributed by atoms with Crippen molar-refractivity contribution in [3.63, 3.8) is 0 Å². The number of nitrogens with one attached hydrogen (secondary N) is 1. The maximum Gasteiger partial charge on any atom is 0.324 e. The summed E-state index contributed by atoms with van der Waals surface area (Å²) in [5.74, 6) is -0.0400. The Hall–Kier alpha value is -1.88. The molecule has 2 aliphatic rings. The Morgan fingerprint density at radius 1 is 1.13 bits per heavy atom. The average molecular weight is 470 g/mol. The number of amides is 3. The van der Waals surface area contributed by atoms with E-state index in [1.165, 1.54) is 29.5 Å². The zero-order chi connectivity index (χ0) is 22.2. The Kier molecular flexibility index (Phi) is 8.94. The van der Waals surface area contributed by atoms with Gasteiger partial charge in [-0.3, -0.25) is 14.9 Å². The molecule has 11 heteroatoms. The first-order chi connectivity index (χ1) is 15.0. The molecule has 2 fully saturated rings. The molecule has 1 saturated carbocycles. The first-order valence-electron chi connectivity index (χ1n) is 10.9. The fraction of sp³-hybridized carbons (Fsp3) is 0.750. The van der Waals surface area contributed by atoms with Gasteiger partial charge < -0.3 is 14.5 Å². The summed E-state index contributed by atoms with van der Waals surface area (Å²) < 4.78 is 5.53. The molecule has 0 aromatic carbocycles. The largest absolute Gasteiger partial charge is 0.465 e. The number of carbonyl (C=O) groups is 3. The monoisotopic (exact) mass is 469 g/mol. The van der Waals surface area contributed by atoms with Gasteiger partial charge in [-0.15, -0.1) is 10.2 Å². The summed E-state index contributed by atoms with van der Waals surface area (Å²) in [6.07, 6.45) is 7.09. The van der Waals surface area contributed by atoms with Crippen molar-refractivity contribution >= 4 is 46.1 Å². The first kappa shape index (κ1) is 23.8. The van der Waals surface area contributed by atoms with Gasteiger partial charge in [0.25, 0.3) is 0 Å². The maximum absolute atomic E-state index is 13.3. The number of rotatable bonds is 7. The van der Waals surface area contributed by atoms with E-state index < -0.39 is 0 Å². The zero-order valence-corrected chi connectivity index (χ0v) is 19.8. The number of urea groups is 1. The van der Waals surface area contributed by atoms with Crippen molar-refractivity contribution < 1.29 is 19.1 Å². The van der Waals surface area contributed by atoms with Crippen LogP contribution in [0.15, 0.2) is 4.34 Å². The Labute approximate surface area is 191 Å². The number of nitrogens with zero attached hydrogens (tertiary/aromatic N) is 4. The molecule has 2 heterocycles. The summed E-state index contributed by atoms with van der Waals surface area (Å²) in [7, 11) is 0. The summed E-state index contributed by atoms with van der Waals surface area (Å²) in [5.41, 5.74) is 0. The van der Waals surface area contributed by atoms with Crippen LogP contribution in [0, 0.1) is 0 Å². The number of likely N-dealkylation sites (tertiary alicyclic amines) is 1. The third-order valence-corrected chi connectivity index (χ3v) is 7.69. The minimum absolute atomic E-state index is 0.0915. The Bertz CT molecular complexity index is 761. The second-order valence-electron chi connectivity index (χ2n) is 7.83. The predicted molar refractivity (Wildman–Crippen MR) is 120 cm³/mol. The number of hydrogen-bond donors (Lipinski definition) is 1. The van der Waals surface area contributed by atoms with Gasteiger partial charge in [0.15, 0.2) is 4.34 Å². The van der Waals surface area contributed by atoms with Gasteiger partial charge in [-0.2, -0.15) is 0 Å². The van der Waals surface area contributed by atoms with Crippen LogP contribution in [0.2, 0.25) is 0 Å². The second-order valence-corrected chi connectivity index (χ2v) is 10.0. The van der Waals surface area contributed by atoms with Gasteiger partial charge in [0, 0.05) is 32.1 Å². The number of hydrogen-bond acceptors (Lipinski definition) is 8. The van der Waals surface area contributed by atoms with E-state index in [9.17, 15) is 14.4 Å². The topological polar surface area (TPSA) is 105 Å². The smallest absolute Gasteiger partial charge is 0.324 e. The van der Waals surface area contributed by atoms with E-state index >= 15 is 0 Å². The highest BCUT2D eigenvalue weighted by Crippen LogP contribution is 2.30. The molecular weight excluding hydrogens is 438 g/mol. The van der Waals surface area contributed by atoms with E-state index in [2.05, 4.69) is 15.5 Å². The standard InChI is InChI=1S/C20H31N5O4S2/c1-3-29-17(27)13-30-20-23-22-18(31-20)21-19(28)25(15-7-5-4-6-8-15)16-9-11-24(12-10-16)14(2)26/h15-16H,3-13H2,1-2H3,(H,21,22,28). The molecule has 1 aliphatic heterocycles. The quantitative estimate of drug-likeness (QED) is 0.371. The molecule has 1 aromatic heterocycles. The number of ether oxygens (including phenoxy) is 1. The third-order valence-electron chi connectivity index (χ3n) is 5.74. The van der Waals surface area contributed by atoms with Crippen LogP contribution in [0.1, 0.15) is 58.8 Å². The molecule has 1 N–H and O–H groups in total. The molecule has 3 amide bonds. The number of aromatic nitrogens is 2. The van der Waals surface area contributed by atoms with Gasteiger partial charge in [-0.1, -0.05) is 42.4 Å². The highest BCUT2D eigenvalue weighted by molar-refractivity contribution is 8.01. The maximum atomic E-state index is 13.3. The van der Waals surface area contributed by atoms with Gasteiger partial charge >= 0.3 is 12.0 Å². The minimum Gasteiger partial charge on any atom is -0.465 e. The van der Waals surface area contributed by atoms with Gasteiger partial charge in [-0.05, 0) is 32.6 Å². The molecule has 0 spiro atoms. The lowest BCUT2D eigenvalue weighted by Gasteiger charge is -2.43. The SMILES string of the molecule is CCOC(=O)CSc1nnc(NC(=O)N(C2CCCCC2)C2CCN(C(C)=O)CC2)s1. The van der Waals surface area contributed by atoms with Crippen LogP contribution in [0.25, 0.3) is 0 Å². The molecule has 3 rings (SSSR count). The number of thioether (sulfide) groups is 1. The van der Waals surface area contributed by atoms with Crippen LogP contribution in [0.5, 0.6) is 0 Å². The predicted octanol–water partition coefficient (Wildman–Crippen LogP) is 3.37. The zero-order valence-electron chi connectivity index (χ0n) is 18.2. The summed E-state index contributed by atoms with van der Waals surface area (Å²) >= 11 is 2.51. The normalized spacial score (nSPS) is 17.9. The van der Waals surface area contributed by atoms with E-state index in [1.807, 2.05) is 9.80 Å². The lowest BCUT2D eigenvalue weighted by atomic mass is 9.91. The summed E-state index contributed by atoms with van der Waals surface area (Å²) in [6.45, 7) is 5.08. The number of carbonyl (C=O) groups excluding carboxylic acids is 3. The van der Waals surface area contributed by atoms with Crippen molar-refractivity contribution in [1.82, 2.24) is 20.0 Å². The molecule has 172 valence electrons. The molecule has 31 heavy (non-hydrogen) atoms. The minimum atomic E-state index is -0.298. The first-order valence-corrected chi connectivity index (χ1v) is 12.7.